The lowest BCUT2D eigenvalue weighted by Crippen LogP contribution is -2.11. The average Bonchev–Trinajstić information content (AvgIpc) is 2.22. The molecule has 0 amide bonds. The number of unbranched alkanes of at least 4 members (excludes halogenated alkanes) is 5. The molecule has 0 N–H and O–H groups in total. The lowest BCUT2D eigenvalue weighted by molar-refractivity contribution is 0.0497. The Labute approximate surface area is 90.2 Å². The van der Waals surface area contributed by atoms with E-state index >= 15 is 0 Å². The van der Waals surface area contributed by atoms with Gasteiger partial charge in [-0.05, 0) is 19.3 Å². The first-order chi connectivity index (χ1) is 6.85. The van der Waals surface area contributed by atoms with Crippen LogP contribution in [0.5, 0.6) is 0 Å². The van der Waals surface area contributed by atoms with E-state index < -0.39 is 0 Å². The summed E-state index contributed by atoms with van der Waals surface area (Å²) < 4.78 is 5.68. The highest BCUT2D eigenvalue weighted by atomic mass is 16.5. The van der Waals surface area contributed by atoms with E-state index in [1.165, 1.54) is 38.5 Å². The van der Waals surface area contributed by atoms with Gasteiger partial charge in [0.05, 0.1) is 6.10 Å². The zero-order valence-electron chi connectivity index (χ0n) is 10.1. The molecule has 0 saturated heterocycles. The van der Waals surface area contributed by atoms with E-state index in [2.05, 4.69) is 20.8 Å². The monoisotopic (exact) mass is 199 g/mol. The third-order valence-corrected chi connectivity index (χ3v) is 2.63. The first-order valence-corrected chi connectivity index (χ1v) is 6.26. The van der Waals surface area contributed by atoms with Crippen LogP contribution in [0.25, 0.3) is 0 Å². The molecule has 0 aromatic carbocycles. The third kappa shape index (κ3) is 8.55. The largest absolute Gasteiger partial charge is 0.378 e. The molecule has 0 heterocycles. The molecule has 1 atom stereocenters. The van der Waals surface area contributed by atoms with Crippen molar-refractivity contribution >= 4 is 0 Å². The van der Waals surface area contributed by atoms with Crippen molar-refractivity contribution in [3.8, 4) is 0 Å². The molecule has 1 unspecified atom stereocenters. The van der Waals surface area contributed by atoms with Crippen LogP contribution in [0.3, 0.4) is 0 Å². The van der Waals surface area contributed by atoms with Crippen molar-refractivity contribution in [1.29, 1.82) is 0 Å². The van der Waals surface area contributed by atoms with Gasteiger partial charge in [-0.3, -0.25) is 0 Å². The van der Waals surface area contributed by atoms with Crippen LogP contribution < -0.4 is 0 Å². The zero-order valence-corrected chi connectivity index (χ0v) is 10.1. The van der Waals surface area contributed by atoms with Gasteiger partial charge in [-0.1, -0.05) is 52.9 Å². The molecule has 0 spiro atoms. The summed E-state index contributed by atoms with van der Waals surface area (Å²) in [5.41, 5.74) is 0. The molecule has 0 aliphatic rings. The first kappa shape index (κ1) is 14.0. The summed E-state index contributed by atoms with van der Waals surface area (Å²) in [6, 6.07) is 0. The van der Waals surface area contributed by atoms with Gasteiger partial charge in [0.15, 0.2) is 0 Å². The molecule has 1 nitrogen and oxygen atoms in total. The van der Waals surface area contributed by atoms with Crippen LogP contribution in [-0.2, 0) is 4.74 Å². The number of hydrogen-bond acceptors (Lipinski definition) is 1. The van der Waals surface area contributed by atoms with Gasteiger partial charge in [-0.15, -0.1) is 0 Å². The van der Waals surface area contributed by atoms with E-state index in [1.807, 2.05) is 0 Å². The molecule has 0 aromatic heterocycles. The Bertz CT molecular complexity index is 97.4. The second-order valence-corrected chi connectivity index (χ2v) is 3.96. The predicted molar refractivity (Wildman–Crippen MR) is 63.4 cm³/mol. The van der Waals surface area contributed by atoms with Crippen LogP contribution >= 0.6 is 0 Å². The fraction of sp³-hybridized carbons (Fsp3) is 0.923. The number of ether oxygens (including phenoxy) is 1. The minimum atomic E-state index is 0.394. The normalized spacial score (nSPS) is 11.1. The summed E-state index contributed by atoms with van der Waals surface area (Å²) in [5, 5.41) is 0. The van der Waals surface area contributed by atoms with Crippen LogP contribution in [0.2, 0.25) is 0 Å². The van der Waals surface area contributed by atoms with Gasteiger partial charge in [0.2, 0.25) is 0 Å². The summed E-state index contributed by atoms with van der Waals surface area (Å²) >= 11 is 0. The summed E-state index contributed by atoms with van der Waals surface area (Å²) in [6.45, 7) is 9.22. The maximum absolute atomic E-state index is 5.68. The van der Waals surface area contributed by atoms with Crippen molar-refractivity contribution in [1.82, 2.24) is 0 Å². The molecule has 0 rings (SSSR count). The van der Waals surface area contributed by atoms with E-state index in [4.69, 9.17) is 4.74 Å². The Morgan fingerprint density at radius 3 is 2.21 bits per heavy atom. The quantitative estimate of drug-likeness (QED) is 0.475. The van der Waals surface area contributed by atoms with Gasteiger partial charge in [-0.25, -0.2) is 0 Å². The number of rotatable bonds is 10. The van der Waals surface area contributed by atoms with E-state index in [-0.39, 0.29) is 0 Å². The zero-order chi connectivity index (χ0) is 10.6. The highest BCUT2D eigenvalue weighted by molar-refractivity contribution is 4.56. The second-order valence-electron chi connectivity index (χ2n) is 3.96. The molecular formula is C13H27O. The Kier molecular flexibility index (Phi) is 11.0. The van der Waals surface area contributed by atoms with Crippen LogP contribution in [0, 0.1) is 6.92 Å². The SMILES string of the molecule is [CH2]CC(CC)OCCCCCCCC. The van der Waals surface area contributed by atoms with E-state index in [0.717, 1.165) is 19.4 Å². The fourth-order valence-electron chi connectivity index (χ4n) is 1.54. The van der Waals surface area contributed by atoms with Crippen molar-refractivity contribution in [2.75, 3.05) is 6.61 Å². The number of hydrogen-bond donors (Lipinski definition) is 0. The molecule has 1 heteroatoms. The summed E-state index contributed by atoms with van der Waals surface area (Å²) in [5.74, 6) is 0. The van der Waals surface area contributed by atoms with Crippen LogP contribution in [0.1, 0.15) is 65.2 Å². The molecule has 0 bridgehead atoms. The molecule has 0 aliphatic heterocycles. The third-order valence-electron chi connectivity index (χ3n) is 2.63. The molecule has 85 valence electrons. The van der Waals surface area contributed by atoms with Crippen LogP contribution in [0.15, 0.2) is 0 Å². The molecule has 0 fully saturated rings. The molecule has 14 heavy (non-hydrogen) atoms. The average molecular weight is 199 g/mol. The van der Waals surface area contributed by atoms with E-state index in [1.54, 1.807) is 0 Å². The van der Waals surface area contributed by atoms with E-state index in [0.29, 0.717) is 6.10 Å². The minimum Gasteiger partial charge on any atom is -0.378 e. The topological polar surface area (TPSA) is 9.23 Å². The molecule has 1 radical (unpaired) electrons. The van der Waals surface area contributed by atoms with Crippen LogP contribution in [-0.4, -0.2) is 12.7 Å². The Balaban J connectivity index is 3.04. The van der Waals surface area contributed by atoms with Crippen molar-refractivity contribution in [2.24, 2.45) is 0 Å². The maximum atomic E-state index is 5.68. The smallest absolute Gasteiger partial charge is 0.0572 e. The fourth-order valence-corrected chi connectivity index (χ4v) is 1.54. The van der Waals surface area contributed by atoms with Gasteiger partial charge in [0.25, 0.3) is 0 Å². The van der Waals surface area contributed by atoms with Crippen molar-refractivity contribution < 1.29 is 4.74 Å². The standard InChI is InChI=1S/C13H27O/c1-4-7-8-9-10-11-12-14-13(5-2)6-3/h13H,2,4-12H2,1,3H3. The highest BCUT2D eigenvalue weighted by Gasteiger charge is 2.01. The van der Waals surface area contributed by atoms with Gasteiger partial charge in [-0.2, -0.15) is 0 Å². The highest BCUT2D eigenvalue weighted by Crippen LogP contribution is 2.07. The molecule has 0 aliphatic carbocycles. The second kappa shape index (κ2) is 11.0. The van der Waals surface area contributed by atoms with Crippen molar-refractivity contribution in [2.45, 2.75) is 71.3 Å². The lowest BCUT2D eigenvalue weighted by atomic mass is 10.1. The van der Waals surface area contributed by atoms with Crippen molar-refractivity contribution in [3.63, 3.8) is 0 Å². The Hall–Kier alpha value is -0.0400. The van der Waals surface area contributed by atoms with Gasteiger partial charge < -0.3 is 4.74 Å². The maximum Gasteiger partial charge on any atom is 0.0572 e. The van der Waals surface area contributed by atoms with Crippen molar-refractivity contribution in [3.05, 3.63) is 6.92 Å². The Morgan fingerprint density at radius 2 is 1.64 bits per heavy atom. The minimum absolute atomic E-state index is 0.394. The molecule has 0 saturated carbocycles. The van der Waals surface area contributed by atoms with Gasteiger partial charge in [0, 0.05) is 6.61 Å². The van der Waals surface area contributed by atoms with Crippen LogP contribution in [0.4, 0.5) is 0 Å². The van der Waals surface area contributed by atoms with E-state index in [9.17, 15) is 0 Å². The molecular weight excluding hydrogens is 172 g/mol. The lowest BCUT2D eigenvalue weighted by Gasteiger charge is -2.13. The van der Waals surface area contributed by atoms with Gasteiger partial charge in [0.1, 0.15) is 0 Å². The predicted octanol–water partition coefficient (Wildman–Crippen LogP) is 4.37. The first-order valence-electron chi connectivity index (χ1n) is 6.26. The summed E-state index contributed by atoms with van der Waals surface area (Å²) in [4.78, 5) is 0. The summed E-state index contributed by atoms with van der Waals surface area (Å²) in [7, 11) is 0. The Morgan fingerprint density at radius 1 is 1.00 bits per heavy atom. The molecule has 0 aromatic rings. The van der Waals surface area contributed by atoms with Gasteiger partial charge >= 0.3 is 0 Å². The summed E-state index contributed by atoms with van der Waals surface area (Å²) in [6.07, 6.45) is 10.4.